The third-order valence-electron chi connectivity index (χ3n) is 14.6. The maximum Gasteiger partial charge on any atom is 0.397 e. The predicted molar refractivity (Wildman–Crippen MR) is 299 cm³/mol. The second-order valence-corrected chi connectivity index (χ2v) is 22.7. The van der Waals surface area contributed by atoms with E-state index in [1.54, 1.807) is 0 Å². The molecule has 4 N–H and O–H groups in total. The van der Waals surface area contributed by atoms with Gasteiger partial charge in [-0.15, -0.1) is 0 Å². The minimum absolute atomic E-state index is 0.0430. The highest BCUT2D eigenvalue weighted by Gasteiger charge is 2.48. The summed E-state index contributed by atoms with van der Waals surface area (Å²) in [7, 11) is -5.07. The number of aliphatic hydroxyl groups is 3. The van der Waals surface area contributed by atoms with Gasteiger partial charge < -0.3 is 34.3 Å². The van der Waals surface area contributed by atoms with Crippen LogP contribution in [-0.2, 0) is 38.3 Å². The lowest BCUT2D eigenvalue weighted by atomic mass is 9.99. The normalized spacial score (nSPS) is 18.8. The summed E-state index contributed by atoms with van der Waals surface area (Å²) in [6.45, 7) is 4.07. The average molecular weight is 1060 g/mol. The lowest BCUT2D eigenvalue weighted by Gasteiger charge is -2.41. The highest BCUT2D eigenvalue weighted by molar-refractivity contribution is 7.80. The van der Waals surface area contributed by atoms with E-state index in [0.717, 1.165) is 38.5 Å². The van der Waals surface area contributed by atoms with Crippen LogP contribution in [-0.4, -0.2) is 97.5 Å². The molecule has 1 saturated heterocycles. The van der Waals surface area contributed by atoms with Crippen LogP contribution in [0.4, 0.5) is 0 Å². The Labute approximate surface area is 449 Å². The van der Waals surface area contributed by atoms with Crippen LogP contribution in [0.5, 0.6) is 0 Å². The van der Waals surface area contributed by atoms with Crippen LogP contribution in [0, 0.1) is 0 Å². The van der Waals surface area contributed by atoms with E-state index >= 15 is 0 Å². The summed E-state index contributed by atoms with van der Waals surface area (Å²) in [5.74, 6) is -0.392. The number of allylic oxidation sites excluding steroid dienone is 2. The molecule has 6 unspecified atom stereocenters. The van der Waals surface area contributed by atoms with E-state index in [1.807, 2.05) is 0 Å². The Hall–Kier alpha value is -1.16. The predicted octanol–water partition coefficient (Wildman–Crippen LogP) is 15.7. The second-order valence-electron chi connectivity index (χ2n) is 21.7. The van der Waals surface area contributed by atoms with Crippen LogP contribution >= 0.6 is 0 Å². The Morgan fingerprint density at radius 2 is 0.863 bits per heavy atom. The smallest absolute Gasteiger partial charge is 0.397 e. The fourth-order valence-corrected chi connectivity index (χ4v) is 10.5. The van der Waals surface area contributed by atoms with Crippen molar-refractivity contribution in [2.24, 2.45) is 0 Å². The molecule has 1 aliphatic heterocycles. The van der Waals surface area contributed by atoms with Crippen molar-refractivity contribution in [3.05, 3.63) is 12.2 Å². The Morgan fingerprint density at radius 3 is 1.23 bits per heavy atom. The highest BCUT2D eigenvalue weighted by Crippen LogP contribution is 2.26. The fraction of sp³-hybridized carbons (Fsp3) is 0.950. The first-order valence-corrected chi connectivity index (χ1v) is 32.3. The van der Waals surface area contributed by atoms with Gasteiger partial charge in [0.25, 0.3) is 0 Å². The summed E-state index contributed by atoms with van der Waals surface area (Å²) in [6.07, 6.45) is 52.6. The van der Waals surface area contributed by atoms with Gasteiger partial charge in [0, 0.05) is 13.0 Å². The van der Waals surface area contributed by atoms with Gasteiger partial charge >= 0.3 is 16.4 Å². The molecule has 0 bridgehead atoms. The van der Waals surface area contributed by atoms with E-state index in [0.29, 0.717) is 13.0 Å². The topological polar surface area (TPSA) is 178 Å². The van der Waals surface area contributed by atoms with Gasteiger partial charge in [0.05, 0.1) is 19.8 Å². The van der Waals surface area contributed by atoms with Crippen molar-refractivity contribution in [2.75, 3.05) is 26.4 Å². The first-order valence-electron chi connectivity index (χ1n) is 30.9. The molecule has 434 valence electrons. The summed E-state index contributed by atoms with van der Waals surface area (Å²) in [5.41, 5.74) is 0. The molecule has 13 heteroatoms. The van der Waals surface area contributed by atoms with E-state index in [4.69, 9.17) is 18.9 Å². The van der Waals surface area contributed by atoms with E-state index in [9.17, 15) is 33.1 Å². The zero-order valence-corrected chi connectivity index (χ0v) is 48.0. The van der Waals surface area contributed by atoms with Crippen LogP contribution in [0.2, 0.25) is 0 Å². The van der Waals surface area contributed by atoms with Crippen molar-refractivity contribution >= 4 is 16.4 Å². The quantitative estimate of drug-likeness (QED) is 0.0196. The zero-order chi connectivity index (χ0) is 53.1. The molecule has 6 atom stereocenters. The molecule has 0 spiro atoms. The molecule has 0 aliphatic carbocycles. The first-order chi connectivity index (χ1) is 35.6. The summed E-state index contributed by atoms with van der Waals surface area (Å²) in [6, 6.07) is 0. The Kier molecular flexibility index (Phi) is 49.4. The number of unbranched alkanes of at least 4 members (excludes halogenated alkanes) is 41. The van der Waals surface area contributed by atoms with Crippen molar-refractivity contribution in [1.82, 2.24) is 0 Å². The third-order valence-corrected chi connectivity index (χ3v) is 15.1. The molecule has 0 saturated carbocycles. The van der Waals surface area contributed by atoms with E-state index in [-0.39, 0.29) is 19.6 Å². The maximum atomic E-state index is 13.0. The molecule has 12 nitrogen and oxygen atoms in total. The summed E-state index contributed by atoms with van der Waals surface area (Å²) < 4.78 is 59.5. The monoisotopic (exact) mass is 1060 g/mol. The van der Waals surface area contributed by atoms with Crippen molar-refractivity contribution < 1.29 is 56.2 Å². The number of carbonyl (C=O) groups excluding carboxylic acids is 1. The molecular weight excluding hydrogens is 945 g/mol. The van der Waals surface area contributed by atoms with Crippen LogP contribution < -0.4 is 0 Å². The Morgan fingerprint density at radius 1 is 0.507 bits per heavy atom. The van der Waals surface area contributed by atoms with Gasteiger partial charge in [0.15, 0.2) is 6.29 Å². The Bertz CT molecular complexity index is 1320. The molecule has 0 radical (unpaired) electrons. The second kappa shape index (κ2) is 51.6. The van der Waals surface area contributed by atoms with Crippen LogP contribution in [0.3, 0.4) is 0 Å². The minimum Gasteiger partial charge on any atom is -0.457 e. The molecule has 1 fully saturated rings. The molecule has 1 aliphatic rings. The van der Waals surface area contributed by atoms with Gasteiger partial charge in [-0.3, -0.25) is 9.35 Å². The third kappa shape index (κ3) is 44.5. The molecule has 1 heterocycles. The fourth-order valence-electron chi connectivity index (χ4n) is 9.97. The van der Waals surface area contributed by atoms with Gasteiger partial charge in [-0.1, -0.05) is 270 Å². The molecule has 1 rings (SSSR count). The van der Waals surface area contributed by atoms with Gasteiger partial charge in [0.1, 0.15) is 30.5 Å². The van der Waals surface area contributed by atoms with Crippen molar-refractivity contribution in [2.45, 2.75) is 340 Å². The molecule has 0 aromatic rings. The van der Waals surface area contributed by atoms with E-state index in [2.05, 4.69) is 30.2 Å². The van der Waals surface area contributed by atoms with Crippen LogP contribution in [0.25, 0.3) is 0 Å². The minimum atomic E-state index is -5.07. The van der Waals surface area contributed by atoms with E-state index < -0.39 is 59.8 Å². The number of ether oxygens (including phenoxy) is 4. The Balaban J connectivity index is 2.25. The largest absolute Gasteiger partial charge is 0.457 e. The number of hydrogen-bond donors (Lipinski definition) is 4. The number of carbonyl (C=O) groups is 1. The summed E-state index contributed by atoms with van der Waals surface area (Å²) >= 11 is 0. The SMILES string of the molecule is CCCCCCCCCC/C=C\CCCCCCCCCCCCCC(=O)OC(COCCCCCCCCCCCCCCCCCCCCCCCCC)COC1OC(CO)C(O)C(OS(=O)(=O)O)C1O. The standard InChI is InChI=1S/C60H116O12S/c1-3-5-7-9-11-13-15-17-19-21-23-25-27-29-31-33-35-37-39-41-43-45-47-49-56(62)70-54(53-69-60-58(64)59(72-73(65,66)67)57(63)55(51-61)71-60)52-68-50-48-46-44-42-40-38-36-34-32-30-28-26-24-22-20-18-16-14-12-10-8-6-4-2/h21,23,54-55,57-61,63-64H,3-20,22,24-53H2,1-2H3,(H,65,66,67)/b23-21-. The summed E-state index contributed by atoms with van der Waals surface area (Å²) in [4.78, 5) is 13.0. The van der Waals surface area contributed by atoms with Gasteiger partial charge in [-0.05, 0) is 38.5 Å². The lowest BCUT2D eigenvalue weighted by molar-refractivity contribution is -0.301. The summed E-state index contributed by atoms with van der Waals surface area (Å²) in [5, 5.41) is 30.9. The van der Waals surface area contributed by atoms with Crippen LogP contribution in [0.1, 0.15) is 303 Å². The molecule has 0 aromatic carbocycles. The molecule has 0 amide bonds. The first kappa shape index (κ1) is 69.9. The van der Waals surface area contributed by atoms with E-state index in [1.165, 1.54) is 238 Å². The maximum absolute atomic E-state index is 13.0. The van der Waals surface area contributed by atoms with Gasteiger partial charge in [-0.25, -0.2) is 4.18 Å². The van der Waals surface area contributed by atoms with Gasteiger partial charge in [-0.2, -0.15) is 8.42 Å². The number of aliphatic hydroxyl groups excluding tert-OH is 3. The molecule has 0 aromatic heterocycles. The number of hydrogen-bond acceptors (Lipinski definition) is 11. The zero-order valence-electron chi connectivity index (χ0n) is 47.2. The highest BCUT2D eigenvalue weighted by atomic mass is 32.3. The molecule has 73 heavy (non-hydrogen) atoms. The van der Waals surface area contributed by atoms with Crippen molar-refractivity contribution in [3.63, 3.8) is 0 Å². The molecular formula is C60H116O12S. The number of rotatable bonds is 56. The van der Waals surface area contributed by atoms with Crippen molar-refractivity contribution in [3.8, 4) is 0 Å². The van der Waals surface area contributed by atoms with Crippen LogP contribution in [0.15, 0.2) is 12.2 Å². The lowest BCUT2D eigenvalue weighted by Crippen LogP contribution is -2.60. The van der Waals surface area contributed by atoms with Crippen molar-refractivity contribution in [1.29, 1.82) is 0 Å². The van der Waals surface area contributed by atoms with Gasteiger partial charge in [0.2, 0.25) is 0 Å². The average Bonchev–Trinajstić information content (AvgIpc) is 3.37. The number of esters is 1.